The Morgan fingerprint density at radius 2 is 1.95 bits per heavy atom. The molecule has 0 bridgehead atoms. The number of benzene rings is 2. The molecule has 1 amide bonds. The molecule has 5 heteroatoms. The van der Waals surface area contributed by atoms with Crippen LogP contribution >= 0.6 is 0 Å². The molecule has 0 saturated heterocycles. The number of nitrogens with zero attached hydrogens (tertiary/aromatic N) is 1. The number of carbonyl (C=O) groups is 1. The molecule has 0 aromatic heterocycles. The molecule has 0 heterocycles. The number of hydrogen-bond donors (Lipinski definition) is 3. The van der Waals surface area contributed by atoms with E-state index >= 15 is 0 Å². The Labute approximate surface area is 123 Å². The SMILES string of the molecule is CC(=NNC(=O)Cc1ccc(O)cc1)c1cccc(N)c1. The van der Waals surface area contributed by atoms with E-state index in [0.29, 0.717) is 11.4 Å². The van der Waals surface area contributed by atoms with Gasteiger partial charge in [0.2, 0.25) is 5.91 Å². The number of rotatable bonds is 4. The molecule has 5 nitrogen and oxygen atoms in total. The smallest absolute Gasteiger partial charge is 0.244 e. The fourth-order valence-corrected chi connectivity index (χ4v) is 1.81. The summed E-state index contributed by atoms with van der Waals surface area (Å²) >= 11 is 0. The third kappa shape index (κ3) is 4.35. The fraction of sp³-hybridized carbons (Fsp3) is 0.125. The van der Waals surface area contributed by atoms with Crippen LogP contribution in [0, 0.1) is 0 Å². The number of phenols is 1. The van der Waals surface area contributed by atoms with E-state index in [4.69, 9.17) is 5.73 Å². The molecule has 0 fully saturated rings. The third-order valence-corrected chi connectivity index (χ3v) is 2.95. The minimum Gasteiger partial charge on any atom is -0.508 e. The van der Waals surface area contributed by atoms with E-state index < -0.39 is 0 Å². The number of nitrogen functional groups attached to an aromatic ring is 1. The number of amides is 1. The standard InChI is InChI=1S/C16H17N3O2/c1-11(13-3-2-4-14(17)10-13)18-19-16(21)9-12-5-7-15(20)8-6-12/h2-8,10,20H,9,17H2,1H3,(H,19,21). The molecule has 0 aliphatic carbocycles. The summed E-state index contributed by atoms with van der Waals surface area (Å²) < 4.78 is 0. The zero-order chi connectivity index (χ0) is 15.2. The second-order valence-electron chi connectivity index (χ2n) is 4.70. The van der Waals surface area contributed by atoms with Gasteiger partial charge < -0.3 is 10.8 Å². The normalized spacial score (nSPS) is 11.2. The number of aromatic hydroxyl groups is 1. The molecular weight excluding hydrogens is 266 g/mol. The first-order valence-electron chi connectivity index (χ1n) is 6.51. The van der Waals surface area contributed by atoms with Crippen LogP contribution in [0.15, 0.2) is 53.6 Å². The van der Waals surface area contributed by atoms with Crippen LogP contribution in [0.25, 0.3) is 0 Å². The Morgan fingerprint density at radius 3 is 2.62 bits per heavy atom. The molecule has 4 N–H and O–H groups in total. The Bertz CT molecular complexity index is 663. The van der Waals surface area contributed by atoms with Gasteiger partial charge in [-0.1, -0.05) is 24.3 Å². The molecule has 2 aromatic carbocycles. The second kappa shape index (κ2) is 6.56. The summed E-state index contributed by atoms with van der Waals surface area (Å²) in [5.74, 6) is -0.0429. The van der Waals surface area contributed by atoms with Crippen molar-refractivity contribution >= 4 is 17.3 Å². The van der Waals surface area contributed by atoms with Gasteiger partial charge in [-0.2, -0.15) is 5.10 Å². The van der Waals surface area contributed by atoms with E-state index in [-0.39, 0.29) is 18.1 Å². The number of nitrogens with one attached hydrogen (secondary N) is 1. The molecule has 0 spiro atoms. The molecule has 108 valence electrons. The van der Waals surface area contributed by atoms with Crippen LogP contribution in [0.1, 0.15) is 18.1 Å². The lowest BCUT2D eigenvalue weighted by Gasteiger charge is -2.04. The third-order valence-electron chi connectivity index (χ3n) is 2.95. The van der Waals surface area contributed by atoms with E-state index in [2.05, 4.69) is 10.5 Å². The van der Waals surface area contributed by atoms with E-state index in [1.165, 1.54) is 0 Å². The van der Waals surface area contributed by atoms with Crippen molar-refractivity contribution in [3.63, 3.8) is 0 Å². The summed E-state index contributed by atoms with van der Waals surface area (Å²) in [4.78, 5) is 11.8. The van der Waals surface area contributed by atoms with E-state index in [0.717, 1.165) is 11.1 Å². The maximum atomic E-state index is 11.8. The zero-order valence-electron chi connectivity index (χ0n) is 11.7. The van der Waals surface area contributed by atoms with Gasteiger partial charge in [-0.15, -0.1) is 0 Å². The van der Waals surface area contributed by atoms with Crippen molar-refractivity contribution in [2.24, 2.45) is 5.10 Å². The van der Waals surface area contributed by atoms with Crippen molar-refractivity contribution in [2.75, 3.05) is 5.73 Å². The predicted molar refractivity (Wildman–Crippen MR) is 83.0 cm³/mol. The minimum absolute atomic E-state index is 0.176. The van der Waals surface area contributed by atoms with E-state index in [1.807, 2.05) is 12.1 Å². The Morgan fingerprint density at radius 1 is 1.24 bits per heavy atom. The number of anilines is 1. The van der Waals surface area contributed by atoms with Crippen molar-refractivity contribution in [1.82, 2.24) is 5.43 Å². The van der Waals surface area contributed by atoms with Gasteiger partial charge in [-0.3, -0.25) is 4.79 Å². The highest BCUT2D eigenvalue weighted by Crippen LogP contribution is 2.10. The monoisotopic (exact) mass is 283 g/mol. The van der Waals surface area contributed by atoms with Crippen molar-refractivity contribution in [2.45, 2.75) is 13.3 Å². The lowest BCUT2D eigenvalue weighted by atomic mass is 10.1. The van der Waals surface area contributed by atoms with Crippen molar-refractivity contribution in [3.8, 4) is 5.75 Å². The largest absolute Gasteiger partial charge is 0.508 e. The molecule has 0 unspecified atom stereocenters. The highest BCUT2D eigenvalue weighted by molar-refractivity contribution is 5.99. The first kappa shape index (κ1) is 14.6. The summed E-state index contributed by atoms with van der Waals surface area (Å²) in [5.41, 5.74) is 11.2. The van der Waals surface area contributed by atoms with Crippen molar-refractivity contribution < 1.29 is 9.90 Å². The lowest BCUT2D eigenvalue weighted by molar-refractivity contribution is -0.120. The van der Waals surface area contributed by atoms with Crippen LogP contribution in [-0.4, -0.2) is 16.7 Å². The molecule has 21 heavy (non-hydrogen) atoms. The number of nitrogens with two attached hydrogens (primary N) is 1. The molecule has 0 aliphatic heterocycles. The number of hydrogen-bond acceptors (Lipinski definition) is 4. The van der Waals surface area contributed by atoms with E-state index in [1.54, 1.807) is 43.3 Å². The maximum Gasteiger partial charge on any atom is 0.244 e. The average Bonchev–Trinajstić information content (AvgIpc) is 2.47. The molecule has 0 atom stereocenters. The number of carbonyl (C=O) groups excluding carboxylic acids is 1. The Hall–Kier alpha value is -2.82. The van der Waals surface area contributed by atoms with Crippen LogP contribution in [0.3, 0.4) is 0 Å². The summed E-state index contributed by atoms with van der Waals surface area (Å²) in [5, 5.41) is 13.2. The van der Waals surface area contributed by atoms with Gasteiger partial charge in [0.25, 0.3) is 0 Å². The minimum atomic E-state index is -0.219. The van der Waals surface area contributed by atoms with Gasteiger partial charge in [0.05, 0.1) is 12.1 Å². The van der Waals surface area contributed by atoms with Gasteiger partial charge in [0, 0.05) is 5.69 Å². The second-order valence-corrected chi connectivity index (χ2v) is 4.70. The van der Waals surface area contributed by atoms with Crippen molar-refractivity contribution in [3.05, 3.63) is 59.7 Å². The predicted octanol–water partition coefficient (Wildman–Crippen LogP) is 2.06. The highest BCUT2D eigenvalue weighted by atomic mass is 16.3. The van der Waals surface area contributed by atoms with Crippen LogP contribution in [0.5, 0.6) is 5.75 Å². The van der Waals surface area contributed by atoms with Crippen LogP contribution < -0.4 is 11.2 Å². The summed E-state index contributed by atoms with van der Waals surface area (Å²) in [6.45, 7) is 1.80. The molecule has 2 aromatic rings. The topological polar surface area (TPSA) is 87.7 Å². The van der Waals surface area contributed by atoms with Gasteiger partial charge in [-0.25, -0.2) is 5.43 Å². The van der Waals surface area contributed by atoms with Crippen LogP contribution in [-0.2, 0) is 11.2 Å². The first-order chi connectivity index (χ1) is 10.0. The van der Waals surface area contributed by atoms with Crippen molar-refractivity contribution in [1.29, 1.82) is 0 Å². The summed E-state index contributed by atoms with van der Waals surface area (Å²) in [7, 11) is 0. The van der Waals surface area contributed by atoms with Gasteiger partial charge in [0.15, 0.2) is 0 Å². The zero-order valence-corrected chi connectivity index (χ0v) is 11.7. The summed E-state index contributed by atoms with van der Waals surface area (Å²) in [6, 6.07) is 13.8. The Balaban J connectivity index is 1.96. The van der Waals surface area contributed by atoms with Crippen LogP contribution in [0.4, 0.5) is 5.69 Å². The maximum absolute atomic E-state index is 11.8. The van der Waals surface area contributed by atoms with Gasteiger partial charge in [0.1, 0.15) is 5.75 Å². The lowest BCUT2D eigenvalue weighted by Crippen LogP contribution is -2.21. The van der Waals surface area contributed by atoms with E-state index in [9.17, 15) is 9.90 Å². The highest BCUT2D eigenvalue weighted by Gasteiger charge is 2.03. The molecule has 0 saturated carbocycles. The fourth-order valence-electron chi connectivity index (χ4n) is 1.81. The molecule has 0 aliphatic rings. The number of phenolic OH excluding ortho intramolecular Hbond substituents is 1. The quantitative estimate of drug-likeness (QED) is 0.456. The molecule has 0 radical (unpaired) electrons. The molecular formula is C16H17N3O2. The Kier molecular flexibility index (Phi) is 4.56. The van der Waals surface area contributed by atoms with Gasteiger partial charge in [-0.05, 0) is 42.3 Å². The molecule has 2 rings (SSSR count). The summed E-state index contributed by atoms with van der Waals surface area (Å²) in [6.07, 6.45) is 0.202. The average molecular weight is 283 g/mol. The van der Waals surface area contributed by atoms with Gasteiger partial charge >= 0.3 is 0 Å². The first-order valence-corrected chi connectivity index (χ1v) is 6.51. The number of hydrazone groups is 1. The van der Waals surface area contributed by atoms with Crippen LogP contribution in [0.2, 0.25) is 0 Å².